The Kier molecular flexibility index (Phi) is 4.88. The fourth-order valence-electron chi connectivity index (χ4n) is 0.514. The Bertz CT molecular complexity index is 95.9. The van der Waals surface area contributed by atoms with E-state index in [1.165, 1.54) is 14.2 Å². The lowest BCUT2D eigenvalue weighted by molar-refractivity contribution is -0.136. The van der Waals surface area contributed by atoms with Crippen molar-refractivity contribution in [2.24, 2.45) is 0 Å². The average molecular weight is 147 g/mol. The van der Waals surface area contributed by atoms with Crippen LogP contribution in [0.3, 0.4) is 0 Å². The highest BCUT2D eigenvalue weighted by Crippen LogP contribution is 1.99. The molecule has 0 amide bonds. The van der Waals surface area contributed by atoms with Gasteiger partial charge in [-0.05, 0) is 0 Å². The summed E-state index contributed by atoms with van der Waals surface area (Å²) in [7, 11) is 2.89. The molecule has 0 aliphatic heterocycles. The number of carbonyl (C=O) groups is 1. The van der Waals surface area contributed by atoms with Crippen molar-refractivity contribution in [3.8, 4) is 0 Å². The van der Waals surface area contributed by atoms with Crippen molar-refractivity contribution >= 4 is 5.97 Å². The van der Waals surface area contributed by atoms with E-state index < -0.39 is 5.97 Å². The molecule has 1 N–H and O–H groups in total. The van der Waals surface area contributed by atoms with Crippen LogP contribution in [0.15, 0.2) is 0 Å². The predicted molar refractivity (Wildman–Crippen MR) is 34.6 cm³/mol. The van der Waals surface area contributed by atoms with E-state index in [0.717, 1.165) is 0 Å². The Morgan fingerprint density at radius 2 is 1.70 bits per heavy atom. The topological polar surface area (TPSA) is 55.8 Å². The van der Waals surface area contributed by atoms with Gasteiger partial charge in [-0.2, -0.15) is 0 Å². The molecule has 0 heterocycles. The zero-order valence-corrected chi connectivity index (χ0v) is 6.09. The molecule has 4 heteroatoms. The van der Waals surface area contributed by atoms with E-state index in [2.05, 4.69) is 9.47 Å². The zero-order valence-electron chi connectivity index (χ0n) is 6.09. The molecule has 0 aromatic heterocycles. The van der Waals surface area contributed by atoms with E-state index in [9.17, 15) is 4.79 Å². The molecule has 0 aliphatic carbocycles. The number of rotatable bonds is 5. The summed E-state index contributed by atoms with van der Waals surface area (Å²) in [6.07, 6.45) is 0. The minimum absolute atomic E-state index is 0.114. The van der Waals surface area contributed by atoms with Crippen molar-refractivity contribution < 1.29 is 19.4 Å². The highest BCUT2D eigenvalue weighted by molar-refractivity contribution is 5.83. The number of hydrogen-bond acceptors (Lipinski definition) is 3. The van der Waals surface area contributed by atoms with Crippen LogP contribution >= 0.6 is 0 Å². The van der Waals surface area contributed by atoms with Crippen molar-refractivity contribution in [3.63, 3.8) is 0 Å². The zero-order chi connectivity index (χ0) is 7.98. The van der Waals surface area contributed by atoms with Crippen LogP contribution in [0, 0.1) is 5.92 Å². The van der Waals surface area contributed by atoms with E-state index in [0.29, 0.717) is 0 Å². The summed E-state index contributed by atoms with van der Waals surface area (Å²) < 4.78 is 9.24. The normalized spacial score (nSPS) is 10.3. The second kappa shape index (κ2) is 5.20. The molecular weight excluding hydrogens is 136 g/mol. The molecule has 0 fully saturated rings. The summed E-state index contributed by atoms with van der Waals surface area (Å²) >= 11 is 0. The minimum atomic E-state index is -0.969. The van der Waals surface area contributed by atoms with Gasteiger partial charge in [0.25, 0.3) is 0 Å². The molecule has 0 aliphatic rings. The molecule has 1 radical (unpaired) electrons. The van der Waals surface area contributed by atoms with Crippen LogP contribution in [-0.4, -0.2) is 38.5 Å². The van der Waals surface area contributed by atoms with Crippen LogP contribution < -0.4 is 0 Å². The third-order valence-electron chi connectivity index (χ3n) is 0.940. The monoisotopic (exact) mass is 147 g/mol. The Hall–Kier alpha value is -0.610. The molecule has 0 bridgehead atoms. The van der Waals surface area contributed by atoms with Crippen molar-refractivity contribution in [1.29, 1.82) is 0 Å². The van der Waals surface area contributed by atoms with E-state index in [1.807, 2.05) is 0 Å². The maximum atomic E-state index is 10.3. The van der Waals surface area contributed by atoms with Gasteiger partial charge in [-0.1, -0.05) is 0 Å². The van der Waals surface area contributed by atoms with Crippen LogP contribution in [0.2, 0.25) is 0 Å². The summed E-state index contributed by atoms with van der Waals surface area (Å²) in [5.41, 5.74) is 0. The lowest BCUT2D eigenvalue weighted by atomic mass is 10.2. The molecule has 59 valence electrons. The molecule has 0 unspecified atom stereocenters. The number of carboxylic acid groups (broad SMARTS) is 1. The number of hydrogen-bond donors (Lipinski definition) is 1. The van der Waals surface area contributed by atoms with Crippen molar-refractivity contribution in [3.05, 3.63) is 5.92 Å². The molecule has 0 rings (SSSR count). The van der Waals surface area contributed by atoms with Gasteiger partial charge in [-0.25, -0.2) is 0 Å². The number of methoxy groups -OCH3 is 2. The second-order valence-electron chi connectivity index (χ2n) is 1.77. The lowest BCUT2D eigenvalue weighted by Gasteiger charge is -2.07. The maximum Gasteiger partial charge on any atom is 0.315 e. The predicted octanol–water partition coefficient (Wildman–Crippen LogP) is -0.0617. The molecule has 0 saturated carbocycles. The Balaban J connectivity index is 3.61. The van der Waals surface area contributed by atoms with Gasteiger partial charge in [-0.3, -0.25) is 4.79 Å². The first-order valence-corrected chi connectivity index (χ1v) is 2.78. The van der Waals surface area contributed by atoms with Crippen molar-refractivity contribution in [1.82, 2.24) is 0 Å². The van der Waals surface area contributed by atoms with Crippen LogP contribution in [0.25, 0.3) is 0 Å². The first kappa shape index (κ1) is 9.39. The molecular formula is C6H11O4. The van der Waals surface area contributed by atoms with Gasteiger partial charge in [0, 0.05) is 14.2 Å². The fraction of sp³-hybridized carbons (Fsp3) is 0.667. The van der Waals surface area contributed by atoms with E-state index in [-0.39, 0.29) is 19.1 Å². The van der Waals surface area contributed by atoms with Crippen molar-refractivity contribution in [2.75, 3.05) is 27.4 Å². The van der Waals surface area contributed by atoms with Crippen molar-refractivity contribution in [2.45, 2.75) is 0 Å². The molecule has 0 aromatic carbocycles. The molecule has 4 nitrogen and oxygen atoms in total. The molecule has 0 saturated heterocycles. The standard InChI is InChI=1S/C6H11O4/c1-9-3-5(4-10-2)6(7)8/h3-4H2,1-2H3,(H,7,8). The van der Waals surface area contributed by atoms with Gasteiger partial charge < -0.3 is 14.6 Å². The molecule has 0 atom stereocenters. The molecule has 0 spiro atoms. The van der Waals surface area contributed by atoms with Gasteiger partial charge in [0.05, 0.1) is 13.2 Å². The Labute approximate surface area is 59.7 Å². The maximum absolute atomic E-state index is 10.3. The number of aliphatic carboxylic acids is 1. The quantitative estimate of drug-likeness (QED) is 0.591. The third kappa shape index (κ3) is 3.42. The van der Waals surface area contributed by atoms with E-state index >= 15 is 0 Å². The van der Waals surface area contributed by atoms with Crippen LogP contribution in [0.1, 0.15) is 0 Å². The molecule has 10 heavy (non-hydrogen) atoms. The SMILES string of the molecule is COC[C](COC)C(=O)O. The highest BCUT2D eigenvalue weighted by Gasteiger charge is 2.17. The van der Waals surface area contributed by atoms with E-state index in [1.54, 1.807) is 0 Å². The Morgan fingerprint density at radius 3 is 1.90 bits per heavy atom. The second-order valence-corrected chi connectivity index (χ2v) is 1.77. The first-order chi connectivity index (χ1) is 4.72. The minimum Gasteiger partial charge on any atom is -0.481 e. The van der Waals surface area contributed by atoms with Crippen LogP contribution in [0.4, 0.5) is 0 Å². The lowest BCUT2D eigenvalue weighted by Crippen LogP contribution is -2.21. The Morgan fingerprint density at radius 1 is 1.30 bits per heavy atom. The largest absolute Gasteiger partial charge is 0.481 e. The fourth-order valence-corrected chi connectivity index (χ4v) is 0.514. The molecule has 0 aromatic rings. The van der Waals surface area contributed by atoms with Gasteiger partial charge in [0.1, 0.15) is 5.92 Å². The van der Waals surface area contributed by atoms with Crippen LogP contribution in [-0.2, 0) is 14.3 Å². The number of ether oxygens (including phenoxy) is 2. The third-order valence-corrected chi connectivity index (χ3v) is 0.940. The summed E-state index contributed by atoms with van der Waals surface area (Å²) in [5.74, 6) is -0.742. The summed E-state index contributed by atoms with van der Waals surface area (Å²) in [4.78, 5) is 10.3. The first-order valence-electron chi connectivity index (χ1n) is 2.78. The summed E-state index contributed by atoms with van der Waals surface area (Å²) in [6, 6.07) is 0. The number of carboxylic acids is 1. The van der Waals surface area contributed by atoms with Gasteiger partial charge in [-0.15, -0.1) is 0 Å². The summed E-state index contributed by atoms with van der Waals surface area (Å²) in [5, 5.41) is 8.44. The summed E-state index contributed by atoms with van der Waals surface area (Å²) in [6.45, 7) is 0.229. The van der Waals surface area contributed by atoms with E-state index in [4.69, 9.17) is 5.11 Å². The van der Waals surface area contributed by atoms with Gasteiger partial charge in [0.15, 0.2) is 0 Å². The van der Waals surface area contributed by atoms with Crippen LogP contribution in [0.5, 0.6) is 0 Å². The highest BCUT2D eigenvalue weighted by atomic mass is 16.5. The van der Waals surface area contributed by atoms with Gasteiger partial charge in [0.2, 0.25) is 0 Å². The van der Waals surface area contributed by atoms with Gasteiger partial charge >= 0.3 is 5.97 Å². The average Bonchev–Trinajstić information content (AvgIpc) is 1.87. The smallest absolute Gasteiger partial charge is 0.315 e.